The molecule has 1 saturated heterocycles. The Morgan fingerprint density at radius 1 is 1.47 bits per heavy atom. The third-order valence-electron chi connectivity index (χ3n) is 2.69. The minimum absolute atomic E-state index is 0.0494. The van der Waals surface area contributed by atoms with Crippen LogP contribution in [-0.2, 0) is 9.59 Å². The lowest BCUT2D eigenvalue weighted by molar-refractivity contribution is -0.141. The van der Waals surface area contributed by atoms with E-state index in [-0.39, 0.29) is 23.1 Å². The van der Waals surface area contributed by atoms with Crippen molar-refractivity contribution in [2.24, 2.45) is 0 Å². The first-order valence-electron chi connectivity index (χ1n) is 5.28. The monoisotopic (exact) mass is 230 g/mol. The van der Waals surface area contributed by atoms with Crippen LogP contribution in [0.2, 0.25) is 0 Å². The number of carbonyl (C=O) groups excluding carboxylic acids is 2. The van der Waals surface area contributed by atoms with E-state index in [0.717, 1.165) is 19.3 Å². The number of nitrogens with one attached hydrogen (secondary N) is 1. The normalized spacial score (nSPS) is 23.4. The first-order valence-corrected chi connectivity index (χ1v) is 5.79. The van der Waals surface area contributed by atoms with Crippen molar-refractivity contribution in [3.05, 3.63) is 0 Å². The molecular formula is C10H18N2O2S. The lowest BCUT2D eigenvalue weighted by atomic mass is 10.0. The van der Waals surface area contributed by atoms with Gasteiger partial charge in [-0.05, 0) is 26.2 Å². The Morgan fingerprint density at radius 2 is 2.13 bits per heavy atom. The summed E-state index contributed by atoms with van der Waals surface area (Å²) in [5.74, 6) is -0.122. The third kappa shape index (κ3) is 2.87. The number of nitrogens with zero attached hydrogens (tertiary/aromatic N) is 1. The van der Waals surface area contributed by atoms with Crippen LogP contribution in [0.15, 0.2) is 0 Å². The van der Waals surface area contributed by atoms with Gasteiger partial charge in [-0.1, -0.05) is 0 Å². The molecule has 5 heteroatoms. The zero-order valence-corrected chi connectivity index (χ0v) is 10.1. The van der Waals surface area contributed by atoms with Crippen molar-refractivity contribution in [1.82, 2.24) is 10.2 Å². The summed E-state index contributed by atoms with van der Waals surface area (Å²) in [6.07, 6.45) is 2.73. The van der Waals surface area contributed by atoms with Gasteiger partial charge in [-0.25, -0.2) is 0 Å². The molecule has 0 saturated carbocycles. The molecule has 1 rings (SSSR count). The third-order valence-corrected chi connectivity index (χ3v) is 2.91. The van der Waals surface area contributed by atoms with Crippen molar-refractivity contribution in [2.75, 3.05) is 13.6 Å². The quantitative estimate of drug-likeness (QED) is 0.676. The van der Waals surface area contributed by atoms with Crippen LogP contribution in [0.4, 0.5) is 0 Å². The van der Waals surface area contributed by atoms with Crippen molar-refractivity contribution >= 4 is 24.4 Å². The van der Waals surface area contributed by atoms with Gasteiger partial charge in [0.2, 0.25) is 11.8 Å². The summed E-state index contributed by atoms with van der Waals surface area (Å²) in [5, 5.41) is 2.26. The molecule has 2 amide bonds. The van der Waals surface area contributed by atoms with Gasteiger partial charge in [-0.2, -0.15) is 12.6 Å². The summed E-state index contributed by atoms with van der Waals surface area (Å²) >= 11 is 4.12. The lowest BCUT2D eigenvalue weighted by Gasteiger charge is -2.35. The Labute approximate surface area is 95.8 Å². The van der Waals surface area contributed by atoms with Gasteiger partial charge in [0.25, 0.3) is 0 Å². The Morgan fingerprint density at radius 3 is 2.67 bits per heavy atom. The van der Waals surface area contributed by atoms with Gasteiger partial charge in [-0.15, -0.1) is 0 Å². The number of hydrogen-bond donors (Lipinski definition) is 2. The number of carbonyl (C=O) groups is 2. The molecule has 0 spiro atoms. The average Bonchev–Trinajstić information content (AvgIpc) is 2.27. The van der Waals surface area contributed by atoms with Crippen molar-refractivity contribution in [1.29, 1.82) is 0 Å². The van der Waals surface area contributed by atoms with E-state index < -0.39 is 0 Å². The fourth-order valence-electron chi connectivity index (χ4n) is 1.87. The maximum absolute atomic E-state index is 11.8. The molecule has 1 fully saturated rings. The maximum Gasteiger partial charge on any atom is 0.242 e. The number of hydrogen-bond acceptors (Lipinski definition) is 3. The van der Waals surface area contributed by atoms with Crippen LogP contribution in [0.3, 0.4) is 0 Å². The highest BCUT2D eigenvalue weighted by molar-refractivity contribution is 7.81. The van der Waals surface area contributed by atoms with Crippen molar-refractivity contribution in [3.63, 3.8) is 0 Å². The molecule has 2 atom stereocenters. The SMILES string of the molecule is CNC(=O)C1CCCCN1C(=O)C(C)S. The minimum Gasteiger partial charge on any atom is -0.357 e. The molecule has 2 unspecified atom stereocenters. The van der Waals surface area contributed by atoms with Crippen molar-refractivity contribution in [3.8, 4) is 0 Å². The van der Waals surface area contributed by atoms with Crippen LogP contribution in [0.1, 0.15) is 26.2 Å². The molecule has 1 aliphatic heterocycles. The molecule has 0 aromatic rings. The molecule has 0 bridgehead atoms. The topological polar surface area (TPSA) is 49.4 Å². The molecule has 0 aromatic carbocycles. The van der Waals surface area contributed by atoms with Crippen molar-refractivity contribution < 1.29 is 9.59 Å². The molecule has 15 heavy (non-hydrogen) atoms. The largest absolute Gasteiger partial charge is 0.357 e. The molecular weight excluding hydrogens is 212 g/mol. The Hall–Kier alpha value is -0.710. The van der Waals surface area contributed by atoms with E-state index in [1.807, 2.05) is 0 Å². The summed E-state index contributed by atoms with van der Waals surface area (Å²) in [4.78, 5) is 25.0. The van der Waals surface area contributed by atoms with E-state index in [1.54, 1.807) is 18.9 Å². The molecule has 0 aliphatic carbocycles. The number of amides is 2. The van der Waals surface area contributed by atoms with Crippen LogP contribution in [0.25, 0.3) is 0 Å². The Balaban J connectivity index is 2.73. The molecule has 1 aliphatic rings. The molecule has 86 valence electrons. The second-order valence-corrected chi connectivity index (χ2v) is 4.61. The Kier molecular flexibility index (Phi) is 4.45. The predicted octanol–water partition coefficient (Wildman–Crippen LogP) is 0.432. The summed E-state index contributed by atoms with van der Waals surface area (Å²) in [7, 11) is 1.60. The summed E-state index contributed by atoms with van der Waals surface area (Å²) in [6.45, 7) is 2.41. The zero-order chi connectivity index (χ0) is 11.4. The summed E-state index contributed by atoms with van der Waals surface area (Å²) in [6, 6.07) is -0.300. The molecule has 1 heterocycles. The molecule has 0 aromatic heterocycles. The minimum atomic E-state index is -0.338. The number of likely N-dealkylation sites (tertiary alicyclic amines) is 1. The van der Waals surface area contributed by atoms with Gasteiger partial charge in [0, 0.05) is 13.6 Å². The highest BCUT2D eigenvalue weighted by atomic mass is 32.1. The van der Waals surface area contributed by atoms with Gasteiger partial charge in [0.15, 0.2) is 0 Å². The fourth-order valence-corrected chi connectivity index (χ4v) is 2.02. The van der Waals surface area contributed by atoms with Crippen LogP contribution in [0, 0.1) is 0 Å². The second kappa shape index (κ2) is 5.39. The number of rotatable bonds is 2. The summed E-state index contributed by atoms with van der Waals surface area (Å²) < 4.78 is 0. The number of thiol groups is 1. The van der Waals surface area contributed by atoms with Gasteiger partial charge >= 0.3 is 0 Å². The fraction of sp³-hybridized carbons (Fsp3) is 0.800. The van der Waals surface area contributed by atoms with Gasteiger partial charge in [0.1, 0.15) is 6.04 Å². The van der Waals surface area contributed by atoms with E-state index in [4.69, 9.17) is 0 Å². The van der Waals surface area contributed by atoms with Gasteiger partial charge < -0.3 is 10.2 Å². The van der Waals surface area contributed by atoms with E-state index in [1.165, 1.54) is 0 Å². The van der Waals surface area contributed by atoms with Crippen LogP contribution in [-0.4, -0.2) is 41.6 Å². The van der Waals surface area contributed by atoms with E-state index in [2.05, 4.69) is 17.9 Å². The van der Waals surface area contributed by atoms with Crippen LogP contribution >= 0.6 is 12.6 Å². The lowest BCUT2D eigenvalue weighted by Crippen LogP contribution is -2.52. The highest BCUT2D eigenvalue weighted by Crippen LogP contribution is 2.19. The van der Waals surface area contributed by atoms with Crippen LogP contribution in [0.5, 0.6) is 0 Å². The van der Waals surface area contributed by atoms with Gasteiger partial charge in [0.05, 0.1) is 5.25 Å². The standard InChI is InChI=1S/C10H18N2O2S/c1-7(15)10(14)12-6-4-3-5-8(12)9(13)11-2/h7-8,15H,3-6H2,1-2H3,(H,11,13). The zero-order valence-electron chi connectivity index (χ0n) is 9.19. The number of piperidine rings is 1. The smallest absolute Gasteiger partial charge is 0.242 e. The molecule has 0 radical (unpaired) electrons. The average molecular weight is 230 g/mol. The summed E-state index contributed by atoms with van der Waals surface area (Å²) in [5.41, 5.74) is 0. The van der Waals surface area contributed by atoms with Crippen molar-refractivity contribution in [2.45, 2.75) is 37.5 Å². The first-order chi connectivity index (χ1) is 7.07. The second-order valence-electron chi connectivity index (χ2n) is 3.83. The predicted molar refractivity (Wildman–Crippen MR) is 61.9 cm³/mol. The van der Waals surface area contributed by atoms with Gasteiger partial charge in [-0.3, -0.25) is 9.59 Å². The van der Waals surface area contributed by atoms with Crippen LogP contribution < -0.4 is 5.32 Å². The van der Waals surface area contributed by atoms with E-state index in [9.17, 15) is 9.59 Å². The number of likely N-dealkylation sites (N-methyl/N-ethyl adjacent to an activating group) is 1. The van der Waals surface area contributed by atoms with E-state index >= 15 is 0 Å². The highest BCUT2D eigenvalue weighted by Gasteiger charge is 2.32. The molecule has 4 nitrogen and oxygen atoms in total. The maximum atomic E-state index is 11.8. The van der Waals surface area contributed by atoms with E-state index in [0.29, 0.717) is 6.54 Å². The molecule has 1 N–H and O–H groups in total. The Bertz CT molecular complexity index is 256. The first kappa shape index (κ1) is 12.4.